The smallest absolute Gasteiger partial charge is 0.117 e. The van der Waals surface area contributed by atoms with Gasteiger partial charge in [-0.1, -0.05) is 29.1 Å². The van der Waals surface area contributed by atoms with E-state index in [9.17, 15) is 0 Å². The average molecular weight is 123 g/mol. The third kappa shape index (κ3) is 4.14. The Labute approximate surface area is 47.4 Å². The first-order chi connectivity index (χ1) is 2.56. The summed E-state index contributed by atoms with van der Waals surface area (Å²) in [6.07, 6.45) is 4.79. The first-order valence-electron chi connectivity index (χ1n) is 1.42. The van der Waals surface area contributed by atoms with E-state index in [0.29, 0.717) is 0 Å². The van der Waals surface area contributed by atoms with Crippen LogP contribution >= 0.6 is 23.2 Å². The molecular formula is C4H4Cl2. The highest BCUT2D eigenvalue weighted by Crippen LogP contribution is 2.16. The monoisotopic (exact) mass is 122 g/mol. The summed E-state index contributed by atoms with van der Waals surface area (Å²) in [5.41, 5.74) is 0. The number of rotatable bonds is 0. The molecule has 0 aliphatic heterocycles. The molecule has 0 amide bonds. The van der Waals surface area contributed by atoms with E-state index in [4.69, 9.17) is 29.6 Å². The van der Waals surface area contributed by atoms with Crippen LogP contribution in [0.15, 0.2) is 0 Å². The molecule has 0 heterocycles. The molecule has 0 N–H and O–H groups in total. The minimum atomic E-state index is -0.986. The van der Waals surface area contributed by atoms with Gasteiger partial charge in [-0.25, -0.2) is 0 Å². The van der Waals surface area contributed by atoms with E-state index in [2.05, 4.69) is 5.92 Å². The number of hydrogen-bond acceptors (Lipinski definition) is 0. The van der Waals surface area contributed by atoms with Crippen LogP contribution in [-0.4, -0.2) is 4.33 Å². The maximum Gasteiger partial charge on any atom is 0.174 e. The predicted molar refractivity (Wildman–Crippen MR) is 28.9 cm³/mol. The highest BCUT2D eigenvalue weighted by Gasteiger charge is 2.08. The first kappa shape index (κ1) is 6.14. The molecule has 0 rings (SSSR count). The molecule has 0 radical (unpaired) electrons. The van der Waals surface area contributed by atoms with Crippen molar-refractivity contribution in [1.29, 1.82) is 0 Å². The molecule has 0 aromatic heterocycles. The Balaban J connectivity index is 3.55. The van der Waals surface area contributed by atoms with Crippen LogP contribution in [-0.2, 0) is 0 Å². The van der Waals surface area contributed by atoms with Gasteiger partial charge in [0.15, 0.2) is 4.33 Å². The van der Waals surface area contributed by atoms with Crippen LogP contribution in [0.4, 0.5) is 0 Å². The Morgan fingerprint density at radius 2 is 1.83 bits per heavy atom. The highest BCUT2D eigenvalue weighted by molar-refractivity contribution is 6.50. The van der Waals surface area contributed by atoms with Crippen molar-refractivity contribution in [3.8, 4) is 12.3 Å². The summed E-state index contributed by atoms with van der Waals surface area (Å²) in [5.74, 6) is 2.14. The van der Waals surface area contributed by atoms with Gasteiger partial charge in [-0.05, 0) is 6.92 Å². The lowest BCUT2D eigenvalue weighted by molar-refractivity contribution is 1.17. The van der Waals surface area contributed by atoms with E-state index >= 15 is 0 Å². The van der Waals surface area contributed by atoms with Gasteiger partial charge in [0.2, 0.25) is 0 Å². The Morgan fingerprint density at radius 3 is 1.83 bits per heavy atom. The van der Waals surface area contributed by atoms with Gasteiger partial charge in [0.1, 0.15) is 0 Å². The molecule has 0 spiro atoms. The Bertz CT molecular complexity index is 72.5. The summed E-state index contributed by atoms with van der Waals surface area (Å²) in [4.78, 5) is 0. The summed E-state index contributed by atoms with van der Waals surface area (Å²) >= 11 is 10.5. The van der Waals surface area contributed by atoms with Crippen LogP contribution < -0.4 is 0 Å². The molecule has 0 saturated heterocycles. The molecule has 34 valence electrons. The summed E-state index contributed by atoms with van der Waals surface area (Å²) in [7, 11) is 0. The van der Waals surface area contributed by atoms with Gasteiger partial charge in [0, 0.05) is 0 Å². The summed E-state index contributed by atoms with van der Waals surface area (Å²) in [6, 6.07) is 0. The SMILES string of the molecule is C#CC(C)(Cl)Cl. The number of halogens is 2. The van der Waals surface area contributed by atoms with Crippen LogP contribution in [0.1, 0.15) is 6.92 Å². The predicted octanol–water partition coefficient (Wildman–Crippen LogP) is 1.81. The molecule has 0 saturated carbocycles. The molecule has 0 nitrogen and oxygen atoms in total. The van der Waals surface area contributed by atoms with Crippen molar-refractivity contribution in [1.82, 2.24) is 0 Å². The summed E-state index contributed by atoms with van der Waals surface area (Å²) in [6.45, 7) is 1.54. The second-order valence-corrected chi connectivity index (χ2v) is 2.74. The third-order valence-corrected chi connectivity index (χ3v) is 0.472. The van der Waals surface area contributed by atoms with Gasteiger partial charge in [-0.2, -0.15) is 0 Å². The van der Waals surface area contributed by atoms with Crippen molar-refractivity contribution in [2.45, 2.75) is 11.3 Å². The zero-order valence-electron chi connectivity index (χ0n) is 3.33. The zero-order valence-corrected chi connectivity index (χ0v) is 4.85. The molecule has 0 fully saturated rings. The van der Waals surface area contributed by atoms with Crippen LogP contribution in [0.2, 0.25) is 0 Å². The van der Waals surface area contributed by atoms with Crippen molar-refractivity contribution in [3.05, 3.63) is 0 Å². The van der Waals surface area contributed by atoms with Crippen LogP contribution in [0.5, 0.6) is 0 Å². The molecule has 2 heteroatoms. The second kappa shape index (κ2) is 1.73. The largest absolute Gasteiger partial charge is 0.174 e. The fourth-order valence-corrected chi connectivity index (χ4v) is 0. The summed E-state index contributed by atoms with van der Waals surface area (Å²) < 4.78 is -0.986. The minimum Gasteiger partial charge on any atom is -0.117 e. The fourth-order valence-electron chi connectivity index (χ4n) is 0. The second-order valence-electron chi connectivity index (χ2n) is 1.03. The van der Waals surface area contributed by atoms with Crippen molar-refractivity contribution >= 4 is 23.2 Å². The fraction of sp³-hybridized carbons (Fsp3) is 0.500. The molecule has 0 atom stereocenters. The van der Waals surface area contributed by atoms with Gasteiger partial charge in [0.25, 0.3) is 0 Å². The van der Waals surface area contributed by atoms with E-state index in [-0.39, 0.29) is 0 Å². The highest BCUT2D eigenvalue weighted by atomic mass is 35.5. The van der Waals surface area contributed by atoms with Gasteiger partial charge in [-0.15, -0.1) is 6.42 Å². The molecule has 0 aromatic rings. The normalized spacial score (nSPS) is 10.3. The topological polar surface area (TPSA) is 0 Å². The Hall–Kier alpha value is 0.140. The molecule has 6 heavy (non-hydrogen) atoms. The van der Waals surface area contributed by atoms with Crippen molar-refractivity contribution in [3.63, 3.8) is 0 Å². The van der Waals surface area contributed by atoms with Crippen molar-refractivity contribution in [2.75, 3.05) is 0 Å². The summed E-state index contributed by atoms with van der Waals surface area (Å²) in [5, 5.41) is 0. The van der Waals surface area contributed by atoms with Crippen LogP contribution in [0.3, 0.4) is 0 Å². The lowest BCUT2D eigenvalue weighted by Gasteiger charge is -1.97. The Kier molecular flexibility index (Phi) is 1.77. The van der Waals surface area contributed by atoms with E-state index < -0.39 is 4.33 Å². The number of alkyl halides is 2. The van der Waals surface area contributed by atoms with E-state index in [1.165, 1.54) is 6.92 Å². The van der Waals surface area contributed by atoms with Gasteiger partial charge >= 0.3 is 0 Å². The third-order valence-electron chi connectivity index (χ3n) is 0.253. The molecule has 0 aliphatic rings. The van der Waals surface area contributed by atoms with Crippen LogP contribution in [0, 0.1) is 12.3 Å². The van der Waals surface area contributed by atoms with Crippen molar-refractivity contribution in [2.24, 2.45) is 0 Å². The van der Waals surface area contributed by atoms with E-state index in [0.717, 1.165) is 0 Å². The van der Waals surface area contributed by atoms with Crippen molar-refractivity contribution < 1.29 is 0 Å². The number of terminal acetylenes is 1. The van der Waals surface area contributed by atoms with Crippen LogP contribution in [0.25, 0.3) is 0 Å². The lowest BCUT2D eigenvalue weighted by atomic mass is 10.5. The van der Waals surface area contributed by atoms with E-state index in [1.807, 2.05) is 0 Å². The maximum absolute atomic E-state index is 5.25. The quantitative estimate of drug-likeness (QED) is 0.340. The standard InChI is InChI=1S/C4H4Cl2/c1-3-4(2,5)6/h1H,2H3. The molecule has 0 aromatic carbocycles. The lowest BCUT2D eigenvalue weighted by Crippen LogP contribution is -1.98. The number of hydrogen-bond donors (Lipinski definition) is 0. The molecular weight excluding hydrogens is 119 g/mol. The molecule has 0 bridgehead atoms. The van der Waals surface area contributed by atoms with Gasteiger partial charge in [0.05, 0.1) is 0 Å². The zero-order chi connectivity index (χ0) is 5.21. The first-order valence-corrected chi connectivity index (χ1v) is 2.17. The van der Waals surface area contributed by atoms with E-state index in [1.54, 1.807) is 0 Å². The average Bonchev–Trinajstić information content (AvgIpc) is 1.35. The Morgan fingerprint density at radius 1 is 1.67 bits per heavy atom. The molecule has 0 unspecified atom stereocenters. The van der Waals surface area contributed by atoms with Gasteiger partial charge in [-0.3, -0.25) is 0 Å². The molecule has 0 aliphatic carbocycles. The van der Waals surface area contributed by atoms with Gasteiger partial charge < -0.3 is 0 Å². The minimum absolute atomic E-state index is 0.986. The maximum atomic E-state index is 5.25.